The number of hydrogen-bond acceptors (Lipinski definition) is 6. The highest BCUT2D eigenvalue weighted by atomic mass is 79.9. The van der Waals surface area contributed by atoms with Crippen LogP contribution in [-0.2, 0) is 0 Å². The summed E-state index contributed by atoms with van der Waals surface area (Å²) < 4.78 is 0.679. The van der Waals surface area contributed by atoms with E-state index in [4.69, 9.17) is 15.9 Å². The number of anilines is 2. The molecule has 1 heterocycles. The first kappa shape index (κ1) is 12.2. The second-order valence-corrected chi connectivity index (χ2v) is 3.69. The number of aromatic nitrogens is 2. The van der Waals surface area contributed by atoms with Crippen LogP contribution in [0.15, 0.2) is 10.7 Å². The van der Waals surface area contributed by atoms with Crippen molar-refractivity contribution < 1.29 is 10.2 Å². The third kappa shape index (κ3) is 3.29. The van der Waals surface area contributed by atoms with E-state index in [-0.39, 0.29) is 19.2 Å². The summed E-state index contributed by atoms with van der Waals surface area (Å²) in [6.45, 7) is 0.734. The molecule has 1 rings (SSSR count). The quantitative estimate of drug-likeness (QED) is 0.678. The van der Waals surface area contributed by atoms with E-state index >= 15 is 0 Å². The fourth-order valence-corrected chi connectivity index (χ4v) is 1.60. The number of nitrogens with zero attached hydrogens (tertiary/aromatic N) is 3. The zero-order valence-electron chi connectivity index (χ0n) is 8.10. The number of aliphatic hydroxyl groups excluding tert-OH is 2. The minimum Gasteiger partial charge on any atom is -0.395 e. The molecule has 1 aromatic heterocycles. The van der Waals surface area contributed by atoms with Gasteiger partial charge in [-0.05, 0) is 15.9 Å². The van der Waals surface area contributed by atoms with Crippen molar-refractivity contribution in [1.82, 2.24) is 9.97 Å². The van der Waals surface area contributed by atoms with E-state index in [9.17, 15) is 0 Å². The van der Waals surface area contributed by atoms with Crippen LogP contribution < -0.4 is 10.6 Å². The maximum atomic E-state index is 8.87. The molecule has 6 nitrogen and oxygen atoms in total. The molecule has 7 heteroatoms. The Bertz CT molecular complexity index is 318. The van der Waals surface area contributed by atoms with E-state index < -0.39 is 0 Å². The third-order valence-electron chi connectivity index (χ3n) is 1.78. The SMILES string of the molecule is Nc1ncc(Br)c(N(CCO)CCO)n1. The summed E-state index contributed by atoms with van der Waals surface area (Å²) in [5.41, 5.74) is 5.46. The number of hydrogen-bond donors (Lipinski definition) is 3. The molecule has 0 aliphatic carbocycles. The maximum Gasteiger partial charge on any atom is 0.222 e. The molecule has 1 aromatic rings. The van der Waals surface area contributed by atoms with Crippen LogP contribution in [0.4, 0.5) is 11.8 Å². The smallest absolute Gasteiger partial charge is 0.222 e. The minimum atomic E-state index is -0.0175. The lowest BCUT2D eigenvalue weighted by atomic mass is 10.4. The molecule has 0 fully saturated rings. The summed E-state index contributed by atoms with van der Waals surface area (Å²) in [5.74, 6) is 0.736. The van der Waals surface area contributed by atoms with Gasteiger partial charge >= 0.3 is 0 Å². The van der Waals surface area contributed by atoms with Gasteiger partial charge in [-0.25, -0.2) is 4.98 Å². The van der Waals surface area contributed by atoms with Crippen LogP contribution >= 0.6 is 15.9 Å². The van der Waals surface area contributed by atoms with E-state index in [2.05, 4.69) is 25.9 Å². The van der Waals surface area contributed by atoms with Gasteiger partial charge in [0.05, 0.1) is 17.7 Å². The first-order valence-corrected chi connectivity index (χ1v) is 5.23. The fraction of sp³-hybridized carbons (Fsp3) is 0.500. The molecule has 15 heavy (non-hydrogen) atoms. The average Bonchev–Trinajstić information content (AvgIpc) is 2.21. The van der Waals surface area contributed by atoms with Crippen molar-refractivity contribution in [2.75, 3.05) is 36.9 Å². The molecule has 0 aliphatic heterocycles. The predicted molar refractivity (Wildman–Crippen MR) is 60.5 cm³/mol. The van der Waals surface area contributed by atoms with Crippen LogP contribution in [0, 0.1) is 0 Å². The van der Waals surface area contributed by atoms with Crippen LogP contribution in [0.3, 0.4) is 0 Å². The van der Waals surface area contributed by atoms with Crippen molar-refractivity contribution >= 4 is 27.7 Å². The molecule has 0 spiro atoms. The van der Waals surface area contributed by atoms with E-state index in [1.54, 1.807) is 11.1 Å². The molecule has 0 radical (unpaired) electrons. The Hall–Kier alpha value is -0.920. The molecule has 0 atom stereocenters. The molecule has 0 saturated carbocycles. The molecule has 0 aromatic carbocycles. The summed E-state index contributed by atoms with van der Waals surface area (Å²) >= 11 is 3.29. The molecule has 4 N–H and O–H groups in total. The van der Waals surface area contributed by atoms with Gasteiger partial charge in [-0.3, -0.25) is 0 Å². The van der Waals surface area contributed by atoms with Gasteiger partial charge in [0.2, 0.25) is 5.95 Å². The lowest BCUT2D eigenvalue weighted by molar-refractivity contribution is 0.280. The number of rotatable bonds is 5. The molecular formula is C8H13BrN4O2. The molecule has 0 bridgehead atoms. The van der Waals surface area contributed by atoms with Gasteiger partial charge < -0.3 is 20.8 Å². The van der Waals surface area contributed by atoms with Crippen molar-refractivity contribution in [3.8, 4) is 0 Å². The van der Waals surface area contributed by atoms with E-state index in [0.717, 1.165) is 0 Å². The normalized spacial score (nSPS) is 10.3. The Morgan fingerprint density at radius 2 is 1.93 bits per heavy atom. The predicted octanol–water partition coefficient (Wildman–Crippen LogP) is -0.388. The summed E-state index contributed by atoms with van der Waals surface area (Å²) in [7, 11) is 0. The van der Waals surface area contributed by atoms with Crippen molar-refractivity contribution in [3.05, 3.63) is 10.7 Å². The first-order valence-electron chi connectivity index (χ1n) is 4.43. The maximum absolute atomic E-state index is 8.87. The van der Waals surface area contributed by atoms with Crippen molar-refractivity contribution in [2.45, 2.75) is 0 Å². The average molecular weight is 277 g/mol. The van der Waals surface area contributed by atoms with Crippen LogP contribution in [0.2, 0.25) is 0 Å². The topological polar surface area (TPSA) is 95.5 Å². The van der Waals surface area contributed by atoms with Crippen LogP contribution in [-0.4, -0.2) is 46.5 Å². The second-order valence-electron chi connectivity index (χ2n) is 2.83. The highest BCUT2D eigenvalue weighted by Crippen LogP contribution is 2.23. The number of nitrogen functional groups attached to an aromatic ring is 1. The van der Waals surface area contributed by atoms with Gasteiger partial charge in [0.25, 0.3) is 0 Å². The van der Waals surface area contributed by atoms with Gasteiger partial charge in [-0.15, -0.1) is 0 Å². The summed E-state index contributed by atoms with van der Waals surface area (Å²) in [5, 5.41) is 17.7. The molecule has 0 aliphatic rings. The van der Waals surface area contributed by atoms with Crippen LogP contribution in [0.25, 0.3) is 0 Å². The van der Waals surface area contributed by atoms with Gasteiger partial charge in [-0.1, -0.05) is 0 Å². The molecule has 0 saturated heterocycles. The molecular weight excluding hydrogens is 264 g/mol. The molecule has 0 unspecified atom stereocenters. The van der Waals surface area contributed by atoms with E-state index in [1.807, 2.05) is 0 Å². The monoisotopic (exact) mass is 276 g/mol. The number of aliphatic hydroxyl groups is 2. The lowest BCUT2D eigenvalue weighted by Crippen LogP contribution is -2.31. The largest absolute Gasteiger partial charge is 0.395 e. The molecule has 84 valence electrons. The van der Waals surface area contributed by atoms with Crippen LogP contribution in [0.5, 0.6) is 0 Å². The number of halogens is 1. The zero-order valence-corrected chi connectivity index (χ0v) is 9.68. The lowest BCUT2D eigenvalue weighted by Gasteiger charge is -2.22. The summed E-state index contributed by atoms with van der Waals surface area (Å²) in [6, 6.07) is 0. The first-order chi connectivity index (χ1) is 7.19. The van der Waals surface area contributed by atoms with Gasteiger partial charge in [0.1, 0.15) is 5.82 Å². The molecule has 0 amide bonds. The van der Waals surface area contributed by atoms with E-state index in [0.29, 0.717) is 23.4 Å². The fourth-order valence-electron chi connectivity index (χ4n) is 1.16. The Kier molecular flexibility index (Phi) is 4.73. The highest BCUT2D eigenvalue weighted by Gasteiger charge is 2.11. The van der Waals surface area contributed by atoms with Crippen molar-refractivity contribution in [3.63, 3.8) is 0 Å². The van der Waals surface area contributed by atoms with Gasteiger partial charge in [-0.2, -0.15) is 4.98 Å². The highest BCUT2D eigenvalue weighted by molar-refractivity contribution is 9.10. The zero-order chi connectivity index (χ0) is 11.3. The Morgan fingerprint density at radius 1 is 1.33 bits per heavy atom. The van der Waals surface area contributed by atoms with Crippen molar-refractivity contribution in [2.24, 2.45) is 0 Å². The number of nitrogens with two attached hydrogens (primary N) is 1. The van der Waals surface area contributed by atoms with Crippen LogP contribution in [0.1, 0.15) is 0 Å². The van der Waals surface area contributed by atoms with Gasteiger partial charge in [0, 0.05) is 19.3 Å². The Labute approximate surface area is 95.9 Å². The summed E-state index contributed by atoms with van der Waals surface area (Å²) in [4.78, 5) is 9.57. The summed E-state index contributed by atoms with van der Waals surface area (Å²) in [6.07, 6.45) is 1.54. The van der Waals surface area contributed by atoms with Gasteiger partial charge in [0.15, 0.2) is 0 Å². The minimum absolute atomic E-state index is 0.0175. The third-order valence-corrected chi connectivity index (χ3v) is 2.34. The Balaban J connectivity index is 2.93. The Morgan fingerprint density at radius 3 is 2.47 bits per heavy atom. The standard InChI is InChI=1S/C8H13BrN4O2/c9-6-5-11-8(10)12-7(6)13(1-3-14)2-4-15/h5,14-15H,1-4H2,(H2,10,11,12). The van der Waals surface area contributed by atoms with E-state index in [1.165, 1.54) is 0 Å². The second kappa shape index (κ2) is 5.84. The van der Waals surface area contributed by atoms with Crippen molar-refractivity contribution in [1.29, 1.82) is 0 Å².